The lowest BCUT2D eigenvalue weighted by atomic mass is 9.89. The van der Waals surface area contributed by atoms with Gasteiger partial charge in [0.05, 0.1) is 0 Å². The molecule has 2 rings (SSSR count). The molecule has 1 N–H and O–H groups in total. The van der Waals surface area contributed by atoms with E-state index in [1.807, 2.05) is 0 Å². The molecule has 1 aromatic carbocycles. The van der Waals surface area contributed by atoms with E-state index in [1.165, 1.54) is 24.0 Å². The smallest absolute Gasteiger partial charge is 0.0109 e. The zero-order valence-electron chi connectivity index (χ0n) is 13.2. The van der Waals surface area contributed by atoms with Crippen molar-refractivity contribution in [3.63, 3.8) is 0 Å². The lowest BCUT2D eigenvalue weighted by Crippen LogP contribution is -2.31. The Morgan fingerprint density at radius 1 is 1.21 bits per heavy atom. The molecule has 1 aromatic rings. The molecule has 0 aliphatic heterocycles. The first kappa shape index (κ1) is 14.6. The third-order valence-corrected chi connectivity index (χ3v) is 4.51. The molecule has 1 nitrogen and oxygen atoms in total. The van der Waals surface area contributed by atoms with Crippen LogP contribution >= 0.6 is 0 Å². The van der Waals surface area contributed by atoms with E-state index in [0.29, 0.717) is 5.41 Å². The number of hydrogen-bond donors (Lipinski definition) is 1. The molecule has 0 saturated heterocycles. The summed E-state index contributed by atoms with van der Waals surface area (Å²) in [5.41, 5.74) is 4.79. The van der Waals surface area contributed by atoms with Crippen molar-refractivity contribution in [1.29, 1.82) is 0 Å². The molecular weight excluding hydrogens is 230 g/mol. The van der Waals surface area contributed by atoms with Gasteiger partial charge in [0.2, 0.25) is 0 Å². The van der Waals surface area contributed by atoms with Crippen LogP contribution in [0.25, 0.3) is 0 Å². The van der Waals surface area contributed by atoms with Crippen LogP contribution < -0.4 is 5.32 Å². The minimum atomic E-state index is 0.417. The second-order valence-electron chi connectivity index (χ2n) is 6.87. The summed E-state index contributed by atoms with van der Waals surface area (Å²) in [6.07, 6.45) is 2.66. The van der Waals surface area contributed by atoms with Crippen molar-refractivity contribution in [2.75, 3.05) is 13.1 Å². The lowest BCUT2D eigenvalue weighted by Gasteiger charge is -2.21. The van der Waals surface area contributed by atoms with E-state index in [9.17, 15) is 0 Å². The van der Waals surface area contributed by atoms with Crippen LogP contribution in [0.15, 0.2) is 18.2 Å². The summed E-state index contributed by atoms with van der Waals surface area (Å²) in [4.78, 5) is 0. The monoisotopic (exact) mass is 259 g/mol. The molecule has 1 fully saturated rings. The van der Waals surface area contributed by atoms with Gasteiger partial charge in [-0.05, 0) is 44.2 Å². The predicted molar refractivity (Wildman–Crippen MR) is 83.7 cm³/mol. The molecule has 2 unspecified atom stereocenters. The summed E-state index contributed by atoms with van der Waals surface area (Å²) in [6.45, 7) is 13.6. The van der Waals surface area contributed by atoms with Crippen molar-refractivity contribution in [3.8, 4) is 0 Å². The standard InChI is InChI=1S/C18H29N/c1-6-16-10-18(16,12-19-11-13(2)3)17-8-14(4)7-15(5)9-17/h7-9,13,16,19H,6,10-12H2,1-5H3. The van der Waals surface area contributed by atoms with E-state index < -0.39 is 0 Å². The molecule has 1 aliphatic carbocycles. The number of benzene rings is 1. The van der Waals surface area contributed by atoms with Crippen molar-refractivity contribution >= 4 is 0 Å². The van der Waals surface area contributed by atoms with Crippen molar-refractivity contribution in [1.82, 2.24) is 5.32 Å². The van der Waals surface area contributed by atoms with Crippen LogP contribution in [-0.2, 0) is 5.41 Å². The Balaban J connectivity index is 2.15. The minimum absolute atomic E-state index is 0.417. The van der Waals surface area contributed by atoms with Crippen molar-refractivity contribution in [2.24, 2.45) is 11.8 Å². The summed E-state index contributed by atoms with van der Waals surface area (Å²) in [6, 6.07) is 7.08. The fraction of sp³-hybridized carbons (Fsp3) is 0.667. The van der Waals surface area contributed by atoms with E-state index in [0.717, 1.165) is 24.9 Å². The van der Waals surface area contributed by atoms with Crippen LogP contribution in [0, 0.1) is 25.7 Å². The third kappa shape index (κ3) is 3.20. The van der Waals surface area contributed by atoms with Crippen molar-refractivity contribution in [3.05, 3.63) is 34.9 Å². The largest absolute Gasteiger partial charge is 0.316 e. The highest BCUT2D eigenvalue weighted by Crippen LogP contribution is 2.55. The lowest BCUT2D eigenvalue weighted by molar-refractivity contribution is 0.483. The predicted octanol–water partition coefficient (Wildman–Crippen LogP) is 4.22. The highest BCUT2D eigenvalue weighted by atomic mass is 14.9. The zero-order valence-corrected chi connectivity index (χ0v) is 13.2. The van der Waals surface area contributed by atoms with E-state index in [-0.39, 0.29) is 0 Å². The van der Waals surface area contributed by atoms with Gasteiger partial charge in [0.15, 0.2) is 0 Å². The number of hydrogen-bond acceptors (Lipinski definition) is 1. The van der Waals surface area contributed by atoms with E-state index >= 15 is 0 Å². The fourth-order valence-electron chi connectivity index (χ4n) is 3.43. The summed E-state index contributed by atoms with van der Waals surface area (Å²) in [7, 11) is 0. The Morgan fingerprint density at radius 3 is 2.32 bits per heavy atom. The Hall–Kier alpha value is -0.820. The summed E-state index contributed by atoms with van der Waals surface area (Å²) >= 11 is 0. The topological polar surface area (TPSA) is 12.0 Å². The third-order valence-electron chi connectivity index (χ3n) is 4.51. The maximum atomic E-state index is 3.69. The van der Waals surface area contributed by atoms with Gasteiger partial charge in [0.1, 0.15) is 0 Å². The number of aryl methyl sites for hydroxylation is 2. The van der Waals surface area contributed by atoms with Gasteiger partial charge in [-0.3, -0.25) is 0 Å². The first-order valence-electron chi connectivity index (χ1n) is 7.77. The fourth-order valence-corrected chi connectivity index (χ4v) is 3.43. The van der Waals surface area contributed by atoms with Crippen LogP contribution in [0.3, 0.4) is 0 Å². The first-order valence-corrected chi connectivity index (χ1v) is 7.77. The van der Waals surface area contributed by atoms with E-state index in [4.69, 9.17) is 0 Å². The average molecular weight is 259 g/mol. The van der Waals surface area contributed by atoms with Gasteiger partial charge in [-0.25, -0.2) is 0 Å². The van der Waals surface area contributed by atoms with Crippen LogP contribution in [0.5, 0.6) is 0 Å². The van der Waals surface area contributed by atoms with Crippen LogP contribution in [-0.4, -0.2) is 13.1 Å². The van der Waals surface area contributed by atoms with Gasteiger partial charge in [-0.1, -0.05) is 56.5 Å². The molecule has 1 aliphatic rings. The average Bonchev–Trinajstić information content (AvgIpc) is 3.02. The number of nitrogens with one attached hydrogen (secondary N) is 1. The van der Waals surface area contributed by atoms with Crippen molar-refractivity contribution < 1.29 is 0 Å². The quantitative estimate of drug-likeness (QED) is 0.806. The van der Waals surface area contributed by atoms with Crippen molar-refractivity contribution in [2.45, 2.75) is 52.9 Å². The Labute approximate surface area is 118 Å². The molecule has 0 bridgehead atoms. The summed E-state index contributed by atoms with van der Waals surface area (Å²) in [5.74, 6) is 1.60. The number of rotatable bonds is 6. The molecule has 0 aromatic heterocycles. The highest BCUT2D eigenvalue weighted by molar-refractivity contribution is 5.39. The second kappa shape index (κ2) is 5.66. The van der Waals surface area contributed by atoms with Gasteiger partial charge in [-0.15, -0.1) is 0 Å². The maximum Gasteiger partial charge on any atom is 0.0109 e. The molecule has 2 atom stereocenters. The minimum Gasteiger partial charge on any atom is -0.316 e. The summed E-state index contributed by atoms with van der Waals surface area (Å²) < 4.78 is 0. The molecule has 1 heteroatoms. The van der Waals surface area contributed by atoms with Gasteiger partial charge < -0.3 is 5.32 Å². The molecule has 0 heterocycles. The van der Waals surface area contributed by atoms with Crippen LogP contribution in [0.2, 0.25) is 0 Å². The highest BCUT2D eigenvalue weighted by Gasteiger charge is 2.53. The Kier molecular flexibility index (Phi) is 4.35. The van der Waals surface area contributed by atoms with Gasteiger partial charge in [-0.2, -0.15) is 0 Å². The second-order valence-corrected chi connectivity index (χ2v) is 6.87. The Morgan fingerprint density at radius 2 is 1.84 bits per heavy atom. The zero-order chi connectivity index (χ0) is 14.0. The van der Waals surface area contributed by atoms with Crippen LogP contribution in [0.4, 0.5) is 0 Å². The molecule has 1 saturated carbocycles. The molecule has 0 radical (unpaired) electrons. The van der Waals surface area contributed by atoms with Gasteiger partial charge in [0, 0.05) is 12.0 Å². The maximum absolute atomic E-state index is 3.69. The van der Waals surface area contributed by atoms with E-state index in [1.54, 1.807) is 5.56 Å². The molecule has 0 spiro atoms. The first-order chi connectivity index (χ1) is 8.98. The Bertz CT molecular complexity index is 415. The summed E-state index contributed by atoms with van der Waals surface area (Å²) in [5, 5.41) is 3.69. The van der Waals surface area contributed by atoms with E-state index in [2.05, 4.69) is 58.1 Å². The SMILES string of the molecule is CCC1CC1(CNCC(C)C)c1cc(C)cc(C)c1. The van der Waals surface area contributed by atoms with Gasteiger partial charge >= 0.3 is 0 Å². The normalized spacial score (nSPS) is 25.9. The van der Waals surface area contributed by atoms with Gasteiger partial charge in [0.25, 0.3) is 0 Å². The molecular formula is C18H29N. The molecule has 19 heavy (non-hydrogen) atoms. The molecule has 106 valence electrons. The molecule has 0 amide bonds. The van der Waals surface area contributed by atoms with Crippen LogP contribution in [0.1, 0.15) is 50.3 Å².